The van der Waals surface area contributed by atoms with Crippen LogP contribution in [-0.2, 0) is 6.54 Å². The summed E-state index contributed by atoms with van der Waals surface area (Å²) >= 11 is 0. The lowest BCUT2D eigenvalue weighted by Gasteiger charge is -2.04. The third-order valence-electron chi connectivity index (χ3n) is 2.89. The third-order valence-corrected chi connectivity index (χ3v) is 2.89. The van der Waals surface area contributed by atoms with Gasteiger partial charge in [-0.1, -0.05) is 0 Å². The predicted molar refractivity (Wildman–Crippen MR) is 70.5 cm³/mol. The van der Waals surface area contributed by atoms with Crippen molar-refractivity contribution in [1.82, 2.24) is 5.32 Å². The molecule has 0 saturated heterocycles. The molecule has 19 heavy (non-hydrogen) atoms. The molecule has 2 rings (SSSR count). The van der Waals surface area contributed by atoms with Crippen molar-refractivity contribution >= 4 is 5.78 Å². The summed E-state index contributed by atoms with van der Waals surface area (Å²) in [6.07, 6.45) is 2.00. The molecule has 0 unspecified atom stereocenters. The van der Waals surface area contributed by atoms with Crippen LogP contribution in [0.25, 0.3) is 0 Å². The maximum atomic E-state index is 13.1. The number of hydrogen-bond acceptors (Lipinski definition) is 3. The summed E-state index contributed by atoms with van der Waals surface area (Å²) in [5.74, 6) is 0.563. The first kappa shape index (κ1) is 13.5. The molecule has 0 spiro atoms. The quantitative estimate of drug-likeness (QED) is 0.642. The highest BCUT2D eigenvalue weighted by atomic mass is 19.1. The van der Waals surface area contributed by atoms with E-state index >= 15 is 0 Å². The minimum Gasteiger partial charge on any atom is -0.468 e. The number of ketones is 1. The van der Waals surface area contributed by atoms with E-state index in [1.807, 2.05) is 12.1 Å². The smallest absolute Gasteiger partial charge is 0.164 e. The highest BCUT2D eigenvalue weighted by Gasteiger charge is 2.07. The summed E-state index contributed by atoms with van der Waals surface area (Å²) in [5.41, 5.74) is 1.05. The zero-order valence-electron chi connectivity index (χ0n) is 10.8. The maximum absolute atomic E-state index is 13.1. The number of hydrogen-bond donors (Lipinski definition) is 1. The van der Waals surface area contributed by atoms with E-state index < -0.39 is 0 Å². The van der Waals surface area contributed by atoms with Crippen LogP contribution in [0.15, 0.2) is 41.0 Å². The van der Waals surface area contributed by atoms with Crippen molar-refractivity contribution in [2.24, 2.45) is 0 Å². The largest absolute Gasteiger partial charge is 0.468 e. The van der Waals surface area contributed by atoms with Crippen LogP contribution >= 0.6 is 0 Å². The van der Waals surface area contributed by atoms with Crippen molar-refractivity contribution in [2.75, 3.05) is 6.54 Å². The number of Topliss-reactive ketones (excluding diaryl/α,β-unsaturated/α-hetero) is 1. The summed E-state index contributed by atoms with van der Waals surface area (Å²) < 4.78 is 18.3. The van der Waals surface area contributed by atoms with Crippen LogP contribution in [0.1, 0.15) is 28.1 Å². The van der Waals surface area contributed by atoms with Gasteiger partial charge in [-0.15, -0.1) is 0 Å². The van der Waals surface area contributed by atoms with Crippen molar-refractivity contribution in [3.05, 3.63) is 59.3 Å². The zero-order chi connectivity index (χ0) is 13.7. The Morgan fingerprint density at radius 2 is 2.21 bits per heavy atom. The Labute approximate surface area is 111 Å². The van der Waals surface area contributed by atoms with Crippen LogP contribution in [-0.4, -0.2) is 12.3 Å². The lowest BCUT2D eigenvalue weighted by molar-refractivity contribution is 0.0982. The fourth-order valence-electron chi connectivity index (χ4n) is 1.79. The van der Waals surface area contributed by atoms with Crippen LogP contribution in [0.5, 0.6) is 0 Å². The van der Waals surface area contributed by atoms with E-state index in [9.17, 15) is 9.18 Å². The fraction of sp³-hybridized carbons (Fsp3) is 0.267. The number of carbonyl (C=O) groups excluding carboxylic acids is 1. The van der Waals surface area contributed by atoms with Gasteiger partial charge in [0, 0.05) is 18.5 Å². The molecule has 1 aromatic heterocycles. The van der Waals surface area contributed by atoms with Crippen molar-refractivity contribution in [3.8, 4) is 0 Å². The van der Waals surface area contributed by atoms with Crippen LogP contribution in [0.2, 0.25) is 0 Å². The number of halogens is 1. The second kappa shape index (κ2) is 6.29. The molecular weight excluding hydrogens is 245 g/mol. The summed E-state index contributed by atoms with van der Waals surface area (Å²) in [4.78, 5) is 11.9. The molecule has 2 aromatic rings. The second-order valence-corrected chi connectivity index (χ2v) is 4.39. The van der Waals surface area contributed by atoms with E-state index in [-0.39, 0.29) is 11.6 Å². The van der Waals surface area contributed by atoms with E-state index in [0.717, 1.165) is 5.76 Å². The van der Waals surface area contributed by atoms with Crippen molar-refractivity contribution in [3.63, 3.8) is 0 Å². The first-order chi connectivity index (χ1) is 9.16. The molecule has 4 heteroatoms. The lowest BCUT2D eigenvalue weighted by atomic mass is 10.1. The monoisotopic (exact) mass is 261 g/mol. The molecule has 0 fully saturated rings. The average molecular weight is 261 g/mol. The Kier molecular flexibility index (Phi) is 4.47. The molecule has 0 bridgehead atoms. The standard InChI is InChI=1S/C15H16FNO2/c1-11-9-12(4-5-14(11)16)15(18)6-7-17-10-13-3-2-8-19-13/h2-5,8-9,17H,6-7,10H2,1H3. The van der Waals surface area contributed by atoms with Gasteiger partial charge in [-0.3, -0.25) is 4.79 Å². The van der Waals surface area contributed by atoms with Gasteiger partial charge in [0.15, 0.2) is 5.78 Å². The van der Waals surface area contributed by atoms with E-state index in [0.29, 0.717) is 30.6 Å². The Morgan fingerprint density at radius 3 is 2.89 bits per heavy atom. The van der Waals surface area contributed by atoms with Crippen LogP contribution in [0.3, 0.4) is 0 Å². The molecule has 0 aliphatic rings. The van der Waals surface area contributed by atoms with Crippen molar-refractivity contribution in [2.45, 2.75) is 19.9 Å². The van der Waals surface area contributed by atoms with Gasteiger partial charge in [-0.05, 0) is 42.8 Å². The highest BCUT2D eigenvalue weighted by Crippen LogP contribution is 2.11. The predicted octanol–water partition coefficient (Wildman–Crippen LogP) is 3.09. The van der Waals surface area contributed by atoms with Gasteiger partial charge < -0.3 is 9.73 Å². The molecule has 1 aromatic carbocycles. The summed E-state index contributed by atoms with van der Waals surface area (Å²) in [5, 5.41) is 3.13. The number of rotatable bonds is 6. The first-order valence-electron chi connectivity index (χ1n) is 6.19. The Hall–Kier alpha value is -1.94. The Balaban J connectivity index is 1.79. The van der Waals surface area contributed by atoms with Gasteiger partial charge in [0.1, 0.15) is 11.6 Å². The summed E-state index contributed by atoms with van der Waals surface area (Å²) in [6, 6.07) is 8.14. The molecule has 0 aliphatic heterocycles. The molecule has 3 nitrogen and oxygen atoms in total. The lowest BCUT2D eigenvalue weighted by Crippen LogP contribution is -2.17. The highest BCUT2D eigenvalue weighted by molar-refractivity contribution is 5.96. The second-order valence-electron chi connectivity index (χ2n) is 4.39. The summed E-state index contributed by atoms with van der Waals surface area (Å²) in [6.45, 7) is 2.82. The minimum atomic E-state index is -0.285. The maximum Gasteiger partial charge on any atom is 0.164 e. The zero-order valence-corrected chi connectivity index (χ0v) is 10.8. The third kappa shape index (κ3) is 3.76. The van der Waals surface area contributed by atoms with Crippen LogP contribution < -0.4 is 5.32 Å². The molecule has 0 radical (unpaired) electrons. The van der Waals surface area contributed by atoms with E-state index in [1.54, 1.807) is 19.3 Å². The Morgan fingerprint density at radius 1 is 1.37 bits per heavy atom. The van der Waals surface area contributed by atoms with Gasteiger partial charge in [0.05, 0.1) is 12.8 Å². The van der Waals surface area contributed by atoms with Crippen molar-refractivity contribution in [1.29, 1.82) is 0 Å². The van der Waals surface area contributed by atoms with Gasteiger partial charge in [-0.25, -0.2) is 4.39 Å². The number of aryl methyl sites for hydroxylation is 1. The van der Waals surface area contributed by atoms with Gasteiger partial charge in [-0.2, -0.15) is 0 Å². The molecule has 1 heterocycles. The molecule has 0 saturated carbocycles. The normalized spacial score (nSPS) is 10.6. The SMILES string of the molecule is Cc1cc(C(=O)CCNCc2ccco2)ccc1F. The number of carbonyl (C=O) groups is 1. The molecule has 0 amide bonds. The average Bonchev–Trinajstić information content (AvgIpc) is 2.91. The van der Waals surface area contributed by atoms with Crippen LogP contribution in [0.4, 0.5) is 4.39 Å². The van der Waals surface area contributed by atoms with E-state index in [4.69, 9.17) is 4.42 Å². The fourth-order valence-corrected chi connectivity index (χ4v) is 1.79. The topological polar surface area (TPSA) is 42.2 Å². The van der Waals surface area contributed by atoms with Gasteiger partial charge in [0.2, 0.25) is 0 Å². The molecular formula is C15H16FNO2. The minimum absolute atomic E-state index is 0.00930. The van der Waals surface area contributed by atoms with Crippen molar-refractivity contribution < 1.29 is 13.6 Å². The van der Waals surface area contributed by atoms with Gasteiger partial charge >= 0.3 is 0 Å². The number of furan rings is 1. The first-order valence-corrected chi connectivity index (χ1v) is 6.19. The summed E-state index contributed by atoms with van der Waals surface area (Å²) in [7, 11) is 0. The van der Waals surface area contributed by atoms with E-state index in [2.05, 4.69) is 5.32 Å². The molecule has 0 aliphatic carbocycles. The Bertz CT molecular complexity index is 549. The van der Waals surface area contributed by atoms with Gasteiger partial charge in [0.25, 0.3) is 0 Å². The van der Waals surface area contributed by atoms with Crippen LogP contribution in [0, 0.1) is 12.7 Å². The van der Waals surface area contributed by atoms with E-state index in [1.165, 1.54) is 12.1 Å². The molecule has 1 N–H and O–H groups in total. The number of benzene rings is 1. The molecule has 100 valence electrons. The molecule has 0 atom stereocenters. The number of nitrogens with one attached hydrogen (secondary N) is 1.